The molecule has 0 fully saturated rings. The standard InChI is InChI=1S/C14H16N4S/c1-2-7-15-8-11-9-16-18(10-11)14-17-12-5-3-4-6-13(12)19-14/h3-6,9-10,15H,2,7-8H2,1H3. The van der Waals surface area contributed by atoms with Gasteiger partial charge in [0.15, 0.2) is 0 Å². The van der Waals surface area contributed by atoms with Crippen molar-refractivity contribution in [3.8, 4) is 5.13 Å². The highest BCUT2D eigenvalue weighted by molar-refractivity contribution is 7.20. The summed E-state index contributed by atoms with van der Waals surface area (Å²) in [5.41, 5.74) is 2.22. The summed E-state index contributed by atoms with van der Waals surface area (Å²) >= 11 is 1.66. The average Bonchev–Trinajstić information content (AvgIpc) is 3.04. The zero-order valence-electron chi connectivity index (χ0n) is 10.8. The number of hydrogen-bond acceptors (Lipinski definition) is 4. The van der Waals surface area contributed by atoms with E-state index in [0.29, 0.717) is 0 Å². The van der Waals surface area contributed by atoms with Crippen LogP contribution in [0, 0.1) is 0 Å². The van der Waals surface area contributed by atoms with Crippen LogP contribution in [0.1, 0.15) is 18.9 Å². The lowest BCUT2D eigenvalue weighted by Gasteiger charge is -1.98. The van der Waals surface area contributed by atoms with E-state index in [2.05, 4.69) is 28.4 Å². The number of fused-ring (bicyclic) bond motifs is 1. The van der Waals surface area contributed by atoms with Crippen molar-refractivity contribution in [3.05, 3.63) is 42.2 Å². The van der Waals surface area contributed by atoms with E-state index in [-0.39, 0.29) is 0 Å². The lowest BCUT2D eigenvalue weighted by molar-refractivity contribution is 0.675. The molecule has 5 heteroatoms. The van der Waals surface area contributed by atoms with Gasteiger partial charge in [-0.1, -0.05) is 30.4 Å². The summed E-state index contributed by atoms with van der Waals surface area (Å²) in [5, 5.41) is 8.68. The second-order valence-corrected chi connectivity index (χ2v) is 5.44. The Bertz CT molecular complexity index is 638. The monoisotopic (exact) mass is 272 g/mol. The molecule has 98 valence electrons. The van der Waals surface area contributed by atoms with Gasteiger partial charge >= 0.3 is 0 Å². The van der Waals surface area contributed by atoms with Crippen molar-refractivity contribution in [1.29, 1.82) is 0 Å². The minimum atomic E-state index is 0.860. The molecular formula is C14H16N4S. The van der Waals surface area contributed by atoms with Crippen molar-refractivity contribution in [2.75, 3.05) is 6.54 Å². The SMILES string of the molecule is CCCNCc1cnn(-c2nc3ccccc3s2)c1. The molecule has 0 atom stereocenters. The third kappa shape index (κ3) is 2.67. The van der Waals surface area contributed by atoms with Gasteiger partial charge in [0.1, 0.15) is 0 Å². The molecule has 3 aromatic rings. The summed E-state index contributed by atoms with van der Waals surface area (Å²) in [4.78, 5) is 4.59. The highest BCUT2D eigenvalue weighted by Crippen LogP contribution is 2.24. The molecule has 0 aliphatic carbocycles. The van der Waals surface area contributed by atoms with Gasteiger partial charge in [-0.3, -0.25) is 0 Å². The molecule has 19 heavy (non-hydrogen) atoms. The molecule has 0 spiro atoms. The van der Waals surface area contributed by atoms with Gasteiger partial charge in [-0.15, -0.1) is 0 Å². The smallest absolute Gasteiger partial charge is 0.211 e. The highest BCUT2D eigenvalue weighted by atomic mass is 32.1. The van der Waals surface area contributed by atoms with Crippen molar-refractivity contribution in [2.24, 2.45) is 0 Å². The minimum absolute atomic E-state index is 0.860. The maximum absolute atomic E-state index is 4.59. The molecule has 0 aliphatic heterocycles. The summed E-state index contributed by atoms with van der Waals surface area (Å²) in [7, 11) is 0. The first-order valence-electron chi connectivity index (χ1n) is 6.47. The second kappa shape index (κ2) is 5.50. The Morgan fingerprint density at radius 2 is 2.21 bits per heavy atom. The van der Waals surface area contributed by atoms with Crippen molar-refractivity contribution in [3.63, 3.8) is 0 Å². The van der Waals surface area contributed by atoms with Crippen molar-refractivity contribution in [1.82, 2.24) is 20.1 Å². The Kier molecular flexibility index (Phi) is 3.57. The number of hydrogen-bond donors (Lipinski definition) is 1. The van der Waals surface area contributed by atoms with E-state index in [4.69, 9.17) is 0 Å². The number of benzene rings is 1. The molecule has 2 heterocycles. The van der Waals surface area contributed by atoms with Crippen molar-refractivity contribution in [2.45, 2.75) is 19.9 Å². The van der Waals surface area contributed by atoms with Crippen LogP contribution in [0.4, 0.5) is 0 Å². The topological polar surface area (TPSA) is 42.7 Å². The number of aromatic nitrogens is 3. The Morgan fingerprint density at radius 3 is 3.05 bits per heavy atom. The van der Waals surface area contributed by atoms with Gasteiger partial charge in [0.25, 0.3) is 0 Å². The van der Waals surface area contributed by atoms with Gasteiger partial charge in [-0.2, -0.15) is 5.10 Å². The van der Waals surface area contributed by atoms with E-state index in [1.54, 1.807) is 11.3 Å². The number of rotatable bonds is 5. The fraction of sp³-hybridized carbons (Fsp3) is 0.286. The Labute approximate surface area is 116 Å². The van der Waals surface area contributed by atoms with E-state index < -0.39 is 0 Å². The predicted octanol–water partition coefficient (Wildman–Crippen LogP) is 2.98. The molecule has 0 saturated heterocycles. The Morgan fingerprint density at radius 1 is 1.32 bits per heavy atom. The molecule has 0 amide bonds. The molecule has 4 nitrogen and oxygen atoms in total. The molecule has 1 N–H and O–H groups in total. The van der Waals surface area contributed by atoms with Crippen LogP contribution < -0.4 is 5.32 Å². The van der Waals surface area contributed by atoms with Crippen LogP contribution in [0.5, 0.6) is 0 Å². The van der Waals surface area contributed by atoms with Crippen LogP contribution >= 0.6 is 11.3 Å². The fourth-order valence-electron chi connectivity index (χ4n) is 1.92. The van der Waals surface area contributed by atoms with Gasteiger partial charge in [-0.25, -0.2) is 9.67 Å². The van der Waals surface area contributed by atoms with Gasteiger partial charge in [-0.05, 0) is 25.1 Å². The normalized spacial score (nSPS) is 11.2. The zero-order valence-corrected chi connectivity index (χ0v) is 11.7. The first-order chi connectivity index (χ1) is 9.36. The maximum atomic E-state index is 4.59. The molecule has 0 aliphatic rings. The third-order valence-electron chi connectivity index (χ3n) is 2.87. The van der Waals surface area contributed by atoms with Crippen molar-refractivity contribution >= 4 is 21.6 Å². The Hall–Kier alpha value is -1.72. The highest BCUT2D eigenvalue weighted by Gasteiger charge is 2.06. The number of thiazole rings is 1. The summed E-state index contributed by atoms with van der Waals surface area (Å²) < 4.78 is 3.05. The minimum Gasteiger partial charge on any atom is -0.313 e. The zero-order chi connectivity index (χ0) is 13.1. The van der Waals surface area contributed by atoms with E-state index in [1.165, 1.54) is 10.3 Å². The van der Waals surface area contributed by atoms with Gasteiger partial charge in [0, 0.05) is 18.3 Å². The van der Waals surface area contributed by atoms with Crippen molar-refractivity contribution < 1.29 is 0 Å². The third-order valence-corrected chi connectivity index (χ3v) is 3.90. The molecule has 0 bridgehead atoms. The van der Waals surface area contributed by atoms with Gasteiger partial charge in [0.05, 0.1) is 16.4 Å². The molecule has 3 rings (SSSR count). The van der Waals surface area contributed by atoms with E-state index >= 15 is 0 Å². The first kappa shape index (κ1) is 12.3. The van der Waals surface area contributed by atoms with Gasteiger partial charge in [0.2, 0.25) is 5.13 Å². The second-order valence-electron chi connectivity index (χ2n) is 4.43. The van der Waals surface area contributed by atoms with Crippen LogP contribution in [0.2, 0.25) is 0 Å². The summed E-state index contributed by atoms with van der Waals surface area (Å²) in [6.45, 7) is 4.06. The van der Waals surface area contributed by atoms with E-state index in [1.807, 2.05) is 35.3 Å². The molecule has 0 radical (unpaired) electrons. The number of nitrogens with zero attached hydrogens (tertiary/aromatic N) is 3. The quantitative estimate of drug-likeness (QED) is 0.726. The largest absolute Gasteiger partial charge is 0.313 e. The molecule has 0 saturated carbocycles. The molecule has 0 unspecified atom stereocenters. The van der Waals surface area contributed by atoms with Crippen LogP contribution in [0.15, 0.2) is 36.7 Å². The van der Waals surface area contributed by atoms with E-state index in [0.717, 1.165) is 30.2 Å². The van der Waals surface area contributed by atoms with Crippen LogP contribution in [-0.4, -0.2) is 21.3 Å². The summed E-state index contributed by atoms with van der Waals surface area (Å²) in [6.07, 6.45) is 5.08. The van der Waals surface area contributed by atoms with Gasteiger partial charge < -0.3 is 5.32 Å². The number of nitrogens with one attached hydrogen (secondary N) is 1. The maximum Gasteiger partial charge on any atom is 0.211 e. The Balaban J connectivity index is 1.81. The van der Waals surface area contributed by atoms with Crippen LogP contribution in [-0.2, 0) is 6.54 Å². The fourth-order valence-corrected chi connectivity index (χ4v) is 2.82. The lowest BCUT2D eigenvalue weighted by Crippen LogP contribution is -2.13. The molecule has 1 aromatic carbocycles. The number of para-hydroxylation sites is 1. The lowest BCUT2D eigenvalue weighted by atomic mass is 10.3. The first-order valence-corrected chi connectivity index (χ1v) is 7.28. The van der Waals surface area contributed by atoms with E-state index in [9.17, 15) is 0 Å². The van der Waals surface area contributed by atoms with Crippen LogP contribution in [0.3, 0.4) is 0 Å². The predicted molar refractivity (Wildman–Crippen MR) is 78.7 cm³/mol. The average molecular weight is 272 g/mol. The summed E-state index contributed by atoms with van der Waals surface area (Å²) in [5.74, 6) is 0. The molecule has 2 aromatic heterocycles. The molecular weight excluding hydrogens is 256 g/mol. The van der Waals surface area contributed by atoms with Crippen LogP contribution in [0.25, 0.3) is 15.3 Å². The summed E-state index contributed by atoms with van der Waals surface area (Å²) in [6, 6.07) is 8.16.